The predicted molar refractivity (Wildman–Crippen MR) is 52.5 cm³/mol. The van der Waals surface area contributed by atoms with E-state index in [4.69, 9.17) is 16.7 Å². The number of carboxylic acid groups (broad SMARTS) is 1. The molecule has 2 rings (SSSR count). The number of hydrogen-bond donors (Lipinski definition) is 1. The molecule has 1 aromatic rings. The monoisotopic (exact) mass is 216 g/mol. The van der Waals surface area contributed by atoms with Gasteiger partial charge in [0.15, 0.2) is 0 Å². The average Bonchev–Trinajstić information content (AvgIpc) is 2.65. The van der Waals surface area contributed by atoms with Gasteiger partial charge in [-0.3, -0.25) is 4.79 Å². The maximum Gasteiger partial charge on any atom is 0.304 e. The molecule has 0 unspecified atom stereocenters. The summed E-state index contributed by atoms with van der Waals surface area (Å²) in [6.07, 6.45) is 2.20. The predicted octanol–water partition coefficient (Wildman–Crippen LogP) is 2.91. The molecular weight excluding hydrogens is 208 g/mol. The summed E-state index contributed by atoms with van der Waals surface area (Å²) in [6.45, 7) is 0. The standard InChI is InChI=1S/C9H9ClO2S/c10-6-3-7(13-5-6)9(1-2-9)4-8(11)12/h3,5H,1-2,4H2,(H,11,12). The molecule has 2 nitrogen and oxygen atoms in total. The van der Waals surface area contributed by atoms with Crippen LogP contribution in [0.1, 0.15) is 24.1 Å². The molecule has 1 fully saturated rings. The third-order valence-electron chi connectivity index (χ3n) is 2.43. The van der Waals surface area contributed by atoms with Crippen LogP contribution >= 0.6 is 22.9 Å². The zero-order valence-corrected chi connectivity index (χ0v) is 8.49. The van der Waals surface area contributed by atoms with Gasteiger partial charge in [-0.2, -0.15) is 0 Å². The molecule has 0 aromatic carbocycles. The van der Waals surface area contributed by atoms with Crippen LogP contribution in [0.15, 0.2) is 11.4 Å². The highest BCUT2D eigenvalue weighted by Gasteiger charge is 2.46. The molecule has 70 valence electrons. The van der Waals surface area contributed by atoms with Crippen LogP contribution in [-0.4, -0.2) is 11.1 Å². The zero-order chi connectivity index (χ0) is 9.47. The third-order valence-corrected chi connectivity index (χ3v) is 3.96. The molecule has 0 atom stereocenters. The van der Waals surface area contributed by atoms with Crippen molar-refractivity contribution in [1.82, 2.24) is 0 Å². The van der Waals surface area contributed by atoms with Crippen LogP contribution in [0.4, 0.5) is 0 Å². The van der Waals surface area contributed by atoms with Gasteiger partial charge in [-0.15, -0.1) is 11.3 Å². The van der Waals surface area contributed by atoms with E-state index < -0.39 is 5.97 Å². The molecule has 0 saturated heterocycles. The average molecular weight is 217 g/mol. The van der Waals surface area contributed by atoms with Gasteiger partial charge in [0.05, 0.1) is 11.4 Å². The van der Waals surface area contributed by atoms with Crippen molar-refractivity contribution in [2.75, 3.05) is 0 Å². The first-order chi connectivity index (χ1) is 6.12. The van der Waals surface area contributed by atoms with Crippen LogP contribution in [0, 0.1) is 0 Å². The van der Waals surface area contributed by atoms with Crippen molar-refractivity contribution in [2.45, 2.75) is 24.7 Å². The summed E-state index contributed by atoms with van der Waals surface area (Å²) < 4.78 is 0. The van der Waals surface area contributed by atoms with E-state index in [2.05, 4.69) is 0 Å². The van der Waals surface area contributed by atoms with Crippen LogP contribution < -0.4 is 0 Å². The van der Waals surface area contributed by atoms with Crippen LogP contribution in [-0.2, 0) is 10.2 Å². The molecular formula is C9H9ClO2S. The fourth-order valence-electron chi connectivity index (χ4n) is 1.54. The topological polar surface area (TPSA) is 37.3 Å². The summed E-state index contributed by atoms with van der Waals surface area (Å²) in [6, 6.07) is 1.89. The molecule has 0 bridgehead atoms. The molecule has 0 spiro atoms. The van der Waals surface area contributed by atoms with Crippen molar-refractivity contribution >= 4 is 28.9 Å². The fourth-order valence-corrected chi connectivity index (χ4v) is 2.88. The number of carbonyl (C=O) groups is 1. The Hall–Kier alpha value is -0.540. The molecule has 0 amide bonds. The van der Waals surface area contributed by atoms with Gasteiger partial charge < -0.3 is 5.11 Å². The molecule has 4 heteroatoms. The van der Waals surface area contributed by atoms with E-state index in [-0.39, 0.29) is 11.8 Å². The van der Waals surface area contributed by atoms with Crippen molar-refractivity contribution in [3.8, 4) is 0 Å². The summed E-state index contributed by atoms with van der Waals surface area (Å²) in [5.74, 6) is -0.720. The lowest BCUT2D eigenvalue weighted by Gasteiger charge is -2.08. The second-order valence-electron chi connectivity index (χ2n) is 3.48. The molecule has 13 heavy (non-hydrogen) atoms. The Balaban J connectivity index is 2.20. The Bertz CT molecular complexity index is 341. The second-order valence-corrected chi connectivity index (χ2v) is 4.83. The Labute approximate surface area is 85.1 Å². The highest BCUT2D eigenvalue weighted by atomic mass is 35.5. The summed E-state index contributed by atoms with van der Waals surface area (Å²) in [5.41, 5.74) is -0.0797. The molecule has 1 aromatic heterocycles. The maximum absolute atomic E-state index is 10.6. The largest absolute Gasteiger partial charge is 0.481 e. The van der Waals surface area contributed by atoms with Gasteiger partial charge in [0.25, 0.3) is 0 Å². The molecule has 1 aliphatic carbocycles. The molecule has 0 radical (unpaired) electrons. The number of rotatable bonds is 3. The van der Waals surface area contributed by atoms with Crippen LogP contribution in [0.5, 0.6) is 0 Å². The maximum atomic E-state index is 10.6. The van der Waals surface area contributed by atoms with Crippen LogP contribution in [0.3, 0.4) is 0 Å². The molecule has 0 aliphatic heterocycles. The fraction of sp³-hybridized carbons (Fsp3) is 0.444. The van der Waals surface area contributed by atoms with E-state index in [9.17, 15) is 4.79 Å². The van der Waals surface area contributed by atoms with Crippen molar-refractivity contribution in [3.63, 3.8) is 0 Å². The number of halogens is 1. The summed E-state index contributed by atoms with van der Waals surface area (Å²) in [5, 5.41) is 11.3. The summed E-state index contributed by atoms with van der Waals surface area (Å²) in [4.78, 5) is 11.7. The lowest BCUT2D eigenvalue weighted by atomic mass is 10.0. The van der Waals surface area contributed by atoms with Crippen molar-refractivity contribution in [2.24, 2.45) is 0 Å². The Morgan fingerprint density at radius 1 is 1.69 bits per heavy atom. The minimum atomic E-state index is -0.720. The van der Waals surface area contributed by atoms with Crippen molar-refractivity contribution in [1.29, 1.82) is 0 Å². The van der Waals surface area contributed by atoms with E-state index in [0.717, 1.165) is 22.7 Å². The normalized spacial score (nSPS) is 18.5. The van der Waals surface area contributed by atoms with E-state index in [1.165, 1.54) is 0 Å². The molecule has 1 aliphatic rings. The van der Waals surface area contributed by atoms with E-state index in [0.29, 0.717) is 0 Å². The van der Waals surface area contributed by atoms with Crippen LogP contribution in [0.25, 0.3) is 0 Å². The quantitative estimate of drug-likeness (QED) is 0.844. The lowest BCUT2D eigenvalue weighted by Crippen LogP contribution is -2.10. The van der Waals surface area contributed by atoms with Gasteiger partial charge >= 0.3 is 5.97 Å². The SMILES string of the molecule is O=C(O)CC1(c2cc(Cl)cs2)CC1. The Morgan fingerprint density at radius 2 is 2.38 bits per heavy atom. The van der Waals surface area contributed by atoms with Gasteiger partial charge in [0, 0.05) is 15.7 Å². The highest BCUT2D eigenvalue weighted by molar-refractivity contribution is 7.10. The summed E-state index contributed by atoms with van der Waals surface area (Å²) >= 11 is 7.36. The molecule has 1 saturated carbocycles. The highest BCUT2D eigenvalue weighted by Crippen LogP contribution is 2.53. The zero-order valence-electron chi connectivity index (χ0n) is 6.92. The first-order valence-electron chi connectivity index (χ1n) is 4.09. The third kappa shape index (κ3) is 1.71. The number of thiophene rings is 1. The Morgan fingerprint density at radius 3 is 2.77 bits per heavy atom. The first kappa shape index (κ1) is 9.03. The molecule has 1 N–H and O–H groups in total. The smallest absolute Gasteiger partial charge is 0.304 e. The van der Waals surface area contributed by atoms with Gasteiger partial charge in [-0.1, -0.05) is 11.6 Å². The molecule has 1 heterocycles. The second kappa shape index (κ2) is 3.00. The first-order valence-corrected chi connectivity index (χ1v) is 5.34. The number of carboxylic acids is 1. The number of aliphatic carboxylic acids is 1. The number of hydrogen-bond acceptors (Lipinski definition) is 2. The van der Waals surface area contributed by atoms with Gasteiger partial charge in [0.1, 0.15) is 0 Å². The van der Waals surface area contributed by atoms with Gasteiger partial charge in [0.2, 0.25) is 0 Å². The van der Waals surface area contributed by atoms with Crippen LogP contribution in [0.2, 0.25) is 5.02 Å². The van der Waals surface area contributed by atoms with Gasteiger partial charge in [-0.25, -0.2) is 0 Å². The van der Waals surface area contributed by atoms with Crippen molar-refractivity contribution < 1.29 is 9.90 Å². The minimum Gasteiger partial charge on any atom is -0.481 e. The van der Waals surface area contributed by atoms with E-state index in [1.54, 1.807) is 11.3 Å². The summed E-state index contributed by atoms with van der Waals surface area (Å²) in [7, 11) is 0. The van der Waals surface area contributed by atoms with E-state index >= 15 is 0 Å². The Kier molecular flexibility index (Phi) is 2.08. The van der Waals surface area contributed by atoms with E-state index in [1.807, 2.05) is 11.4 Å². The van der Waals surface area contributed by atoms with Crippen molar-refractivity contribution in [3.05, 3.63) is 21.3 Å². The minimum absolute atomic E-state index is 0.0797. The van der Waals surface area contributed by atoms with Gasteiger partial charge in [-0.05, 0) is 18.9 Å². The lowest BCUT2D eigenvalue weighted by molar-refractivity contribution is -0.137.